The molecule has 0 bridgehead atoms. The first-order valence-corrected chi connectivity index (χ1v) is 12.4. The Morgan fingerprint density at radius 2 is 1.97 bits per heavy atom. The van der Waals surface area contributed by atoms with Crippen molar-refractivity contribution in [1.82, 2.24) is 14.8 Å². The van der Waals surface area contributed by atoms with E-state index in [0.29, 0.717) is 12.3 Å². The monoisotopic (exact) mass is 461 g/mol. The molecule has 0 spiro atoms. The standard InChI is InChI=1S/C25H30F3N3S/c1-16-11-20-19-5-2-3-6-21(19)29-24(20)25(31(16)15-23(27)28)22-8-7-18(32-22)12-17-13-30(14-17)10-4-9-26/h2-3,5-8,16-17,23,25,29H,4,9-15H2,1H3/t16-,25-/m1/s1. The van der Waals surface area contributed by atoms with Gasteiger partial charge in [-0.15, -0.1) is 11.3 Å². The minimum atomic E-state index is -2.37. The minimum Gasteiger partial charge on any atom is -0.357 e. The number of benzene rings is 1. The molecule has 5 rings (SSSR count). The quantitative estimate of drug-likeness (QED) is 0.467. The number of para-hydroxylation sites is 1. The summed E-state index contributed by atoms with van der Waals surface area (Å²) in [6, 6.07) is 12.4. The highest BCUT2D eigenvalue weighted by molar-refractivity contribution is 7.12. The second-order valence-electron chi connectivity index (χ2n) is 9.28. The lowest BCUT2D eigenvalue weighted by Crippen LogP contribution is -2.47. The summed E-state index contributed by atoms with van der Waals surface area (Å²) in [5.41, 5.74) is 3.41. The van der Waals surface area contributed by atoms with Crippen LogP contribution in [-0.4, -0.2) is 60.1 Å². The van der Waals surface area contributed by atoms with Crippen LogP contribution in [0.4, 0.5) is 13.2 Å². The van der Waals surface area contributed by atoms with Gasteiger partial charge in [-0.25, -0.2) is 8.78 Å². The Balaban J connectivity index is 1.41. The summed E-state index contributed by atoms with van der Waals surface area (Å²) in [6.45, 7) is 4.48. The van der Waals surface area contributed by atoms with E-state index in [-0.39, 0.29) is 25.3 Å². The number of nitrogens with one attached hydrogen (secondary N) is 1. The van der Waals surface area contributed by atoms with Crippen molar-refractivity contribution in [2.75, 3.05) is 32.9 Å². The topological polar surface area (TPSA) is 22.3 Å². The molecule has 0 saturated carbocycles. The second-order valence-corrected chi connectivity index (χ2v) is 10.5. The first-order valence-electron chi connectivity index (χ1n) is 11.5. The molecule has 3 nitrogen and oxygen atoms in total. The van der Waals surface area contributed by atoms with Gasteiger partial charge in [-0.2, -0.15) is 0 Å². The van der Waals surface area contributed by atoms with Crippen molar-refractivity contribution in [1.29, 1.82) is 0 Å². The zero-order valence-electron chi connectivity index (χ0n) is 18.4. The van der Waals surface area contributed by atoms with Crippen molar-refractivity contribution in [2.24, 2.45) is 5.92 Å². The fraction of sp³-hybridized carbons (Fsp3) is 0.520. The number of rotatable bonds is 8. The van der Waals surface area contributed by atoms with Crippen LogP contribution in [0, 0.1) is 5.92 Å². The smallest absolute Gasteiger partial charge is 0.251 e. The lowest BCUT2D eigenvalue weighted by molar-refractivity contribution is 0.0465. The van der Waals surface area contributed by atoms with E-state index in [1.165, 1.54) is 15.8 Å². The van der Waals surface area contributed by atoms with E-state index in [1.54, 1.807) is 11.3 Å². The van der Waals surface area contributed by atoms with Gasteiger partial charge in [-0.3, -0.25) is 9.29 Å². The summed E-state index contributed by atoms with van der Waals surface area (Å²) in [5.74, 6) is 0.604. The predicted molar refractivity (Wildman–Crippen MR) is 125 cm³/mol. The maximum atomic E-state index is 13.5. The normalized spacial score (nSPS) is 22.5. The summed E-state index contributed by atoms with van der Waals surface area (Å²) in [5, 5.41) is 1.20. The Morgan fingerprint density at radius 1 is 1.16 bits per heavy atom. The molecule has 2 aromatic heterocycles. The third-order valence-electron chi connectivity index (χ3n) is 6.95. The summed E-state index contributed by atoms with van der Waals surface area (Å²) in [6.07, 6.45) is 0.0312. The van der Waals surface area contributed by atoms with E-state index < -0.39 is 6.43 Å². The van der Waals surface area contributed by atoms with Crippen molar-refractivity contribution < 1.29 is 13.2 Å². The molecule has 2 aliphatic heterocycles. The van der Waals surface area contributed by atoms with Gasteiger partial charge in [0.2, 0.25) is 0 Å². The van der Waals surface area contributed by atoms with Crippen molar-refractivity contribution in [3.63, 3.8) is 0 Å². The van der Waals surface area contributed by atoms with Crippen molar-refractivity contribution in [3.8, 4) is 0 Å². The maximum absolute atomic E-state index is 13.5. The summed E-state index contributed by atoms with van der Waals surface area (Å²) >= 11 is 1.76. The van der Waals surface area contributed by atoms with Gasteiger partial charge >= 0.3 is 0 Å². The number of alkyl halides is 3. The lowest BCUT2D eigenvalue weighted by atomic mass is 9.91. The largest absolute Gasteiger partial charge is 0.357 e. The summed E-state index contributed by atoms with van der Waals surface area (Å²) < 4.78 is 39.5. The van der Waals surface area contributed by atoms with Crippen LogP contribution in [0.3, 0.4) is 0 Å². The van der Waals surface area contributed by atoms with Gasteiger partial charge in [0.05, 0.1) is 19.3 Å². The zero-order valence-corrected chi connectivity index (χ0v) is 19.2. The van der Waals surface area contributed by atoms with Gasteiger partial charge in [0, 0.05) is 52.0 Å². The highest BCUT2D eigenvalue weighted by atomic mass is 32.1. The number of likely N-dealkylation sites (tertiary alicyclic amines) is 1. The molecule has 1 saturated heterocycles. The average Bonchev–Trinajstić information content (AvgIpc) is 3.34. The average molecular weight is 462 g/mol. The number of aromatic nitrogens is 1. The molecule has 2 atom stereocenters. The summed E-state index contributed by atoms with van der Waals surface area (Å²) in [7, 11) is 0. The van der Waals surface area contributed by atoms with Gasteiger partial charge in [0.25, 0.3) is 6.43 Å². The van der Waals surface area contributed by atoms with Gasteiger partial charge in [0.1, 0.15) is 0 Å². The molecule has 1 aromatic carbocycles. The number of nitrogens with zero attached hydrogens (tertiary/aromatic N) is 2. The highest BCUT2D eigenvalue weighted by Gasteiger charge is 2.38. The van der Waals surface area contributed by atoms with Gasteiger partial charge in [-0.05, 0) is 55.9 Å². The van der Waals surface area contributed by atoms with E-state index >= 15 is 0 Å². The van der Waals surface area contributed by atoms with E-state index in [4.69, 9.17) is 0 Å². The van der Waals surface area contributed by atoms with Crippen LogP contribution in [-0.2, 0) is 12.8 Å². The fourth-order valence-corrected chi connectivity index (χ4v) is 6.72. The van der Waals surface area contributed by atoms with Crippen LogP contribution in [0.15, 0.2) is 36.4 Å². The van der Waals surface area contributed by atoms with Crippen LogP contribution in [0.25, 0.3) is 10.9 Å². The van der Waals surface area contributed by atoms with E-state index in [9.17, 15) is 13.2 Å². The SMILES string of the molecule is C[C@@H]1Cc2c([nH]c3ccccc23)[C@@H](c2ccc(CC3CN(CCCF)C3)s2)N1CC(F)F. The Morgan fingerprint density at radius 3 is 2.75 bits per heavy atom. The number of aromatic amines is 1. The minimum absolute atomic E-state index is 0.0435. The second kappa shape index (κ2) is 9.20. The molecule has 4 heterocycles. The Bertz CT molecular complexity index is 1060. The molecule has 3 aromatic rings. The van der Waals surface area contributed by atoms with Gasteiger partial charge < -0.3 is 9.88 Å². The number of hydrogen-bond donors (Lipinski definition) is 1. The van der Waals surface area contributed by atoms with Crippen molar-refractivity contribution >= 4 is 22.2 Å². The molecule has 0 radical (unpaired) electrons. The van der Waals surface area contributed by atoms with Crippen LogP contribution < -0.4 is 0 Å². The summed E-state index contributed by atoms with van der Waals surface area (Å²) in [4.78, 5) is 10.3. The number of hydrogen-bond acceptors (Lipinski definition) is 3. The number of thiophene rings is 1. The molecule has 172 valence electrons. The van der Waals surface area contributed by atoms with Crippen LogP contribution >= 0.6 is 11.3 Å². The third-order valence-corrected chi connectivity index (χ3v) is 8.11. The number of halogens is 3. The van der Waals surface area contributed by atoms with Gasteiger partial charge in [-0.1, -0.05) is 18.2 Å². The van der Waals surface area contributed by atoms with Crippen LogP contribution in [0.1, 0.15) is 40.4 Å². The van der Waals surface area contributed by atoms with E-state index in [1.807, 2.05) is 17.0 Å². The van der Waals surface area contributed by atoms with Crippen LogP contribution in [0.5, 0.6) is 0 Å². The fourth-order valence-electron chi connectivity index (χ4n) is 5.47. The zero-order chi connectivity index (χ0) is 22.2. The van der Waals surface area contributed by atoms with Gasteiger partial charge in [0.15, 0.2) is 0 Å². The molecule has 2 aliphatic rings. The molecular formula is C25H30F3N3S. The van der Waals surface area contributed by atoms with E-state index in [0.717, 1.165) is 48.6 Å². The predicted octanol–water partition coefficient (Wildman–Crippen LogP) is 5.66. The molecule has 32 heavy (non-hydrogen) atoms. The molecule has 7 heteroatoms. The molecule has 1 fully saturated rings. The first kappa shape index (κ1) is 22.0. The van der Waals surface area contributed by atoms with Crippen molar-refractivity contribution in [3.05, 3.63) is 57.4 Å². The molecular weight excluding hydrogens is 431 g/mol. The molecule has 1 N–H and O–H groups in total. The van der Waals surface area contributed by atoms with Crippen LogP contribution in [0.2, 0.25) is 0 Å². The van der Waals surface area contributed by atoms with E-state index in [2.05, 4.69) is 41.1 Å². The number of fused-ring (bicyclic) bond motifs is 3. The first-order chi connectivity index (χ1) is 15.5. The Hall–Kier alpha value is -1.83. The highest BCUT2D eigenvalue weighted by Crippen LogP contribution is 2.43. The third kappa shape index (κ3) is 4.22. The molecule has 0 unspecified atom stereocenters. The molecule has 0 amide bonds. The Labute approximate surface area is 191 Å². The lowest BCUT2D eigenvalue weighted by Gasteiger charge is -2.40. The Kier molecular flexibility index (Phi) is 6.32. The van der Waals surface area contributed by atoms with Crippen molar-refractivity contribution in [2.45, 2.75) is 44.7 Å². The maximum Gasteiger partial charge on any atom is 0.251 e. The molecule has 0 aliphatic carbocycles. The number of H-pyrrole nitrogens is 1.